The van der Waals surface area contributed by atoms with Crippen LogP contribution in [0.2, 0.25) is 0 Å². The zero-order valence-electron chi connectivity index (χ0n) is 12.9. The van der Waals surface area contributed by atoms with Crippen molar-refractivity contribution in [2.75, 3.05) is 13.1 Å². The molecule has 3 heterocycles. The molecule has 0 N–H and O–H groups in total. The van der Waals surface area contributed by atoms with Gasteiger partial charge in [0.05, 0.1) is 6.54 Å². The SMILES string of the molecule is CCC(=O)N1CCCC1C1CCCN1Cc1nc(C)no1. The molecule has 0 aromatic carbocycles. The first-order valence-electron chi connectivity index (χ1n) is 8.01. The number of likely N-dealkylation sites (tertiary alicyclic amines) is 2. The highest BCUT2D eigenvalue weighted by Gasteiger charge is 2.39. The number of aromatic nitrogens is 2. The summed E-state index contributed by atoms with van der Waals surface area (Å²) in [6.07, 6.45) is 5.19. The van der Waals surface area contributed by atoms with Crippen LogP contribution in [-0.2, 0) is 11.3 Å². The number of aryl methyl sites for hydroxylation is 1. The number of hydrogen-bond donors (Lipinski definition) is 0. The highest BCUT2D eigenvalue weighted by atomic mass is 16.5. The second-order valence-corrected chi connectivity index (χ2v) is 6.07. The van der Waals surface area contributed by atoms with Crippen LogP contribution in [0, 0.1) is 6.92 Å². The standard InChI is InChI=1S/C15H24N4O2/c1-3-15(20)19-9-5-7-13(19)12-6-4-8-18(12)10-14-16-11(2)17-21-14/h12-13H,3-10H2,1-2H3. The van der Waals surface area contributed by atoms with Gasteiger partial charge in [0.2, 0.25) is 11.8 Å². The smallest absolute Gasteiger partial charge is 0.240 e. The maximum absolute atomic E-state index is 12.1. The van der Waals surface area contributed by atoms with Crippen molar-refractivity contribution in [2.45, 2.75) is 64.6 Å². The first-order chi connectivity index (χ1) is 10.2. The molecule has 0 aliphatic carbocycles. The molecule has 2 fully saturated rings. The van der Waals surface area contributed by atoms with E-state index in [2.05, 4.69) is 19.9 Å². The van der Waals surface area contributed by atoms with Gasteiger partial charge in [-0.1, -0.05) is 12.1 Å². The Labute approximate surface area is 125 Å². The first kappa shape index (κ1) is 14.5. The van der Waals surface area contributed by atoms with Crippen molar-refractivity contribution in [2.24, 2.45) is 0 Å². The van der Waals surface area contributed by atoms with E-state index in [1.165, 1.54) is 6.42 Å². The average Bonchev–Trinajstić information content (AvgIpc) is 3.18. The summed E-state index contributed by atoms with van der Waals surface area (Å²) in [6, 6.07) is 0.805. The van der Waals surface area contributed by atoms with Crippen LogP contribution < -0.4 is 0 Å². The van der Waals surface area contributed by atoms with Gasteiger partial charge >= 0.3 is 0 Å². The molecule has 6 nitrogen and oxygen atoms in total. The fraction of sp³-hybridized carbons (Fsp3) is 0.800. The fourth-order valence-electron chi connectivity index (χ4n) is 3.77. The van der Waals surface area contributed by atoms with E-state index in [4.69, 9.17) is 4.52 Å². The number of nitrogens with zero attached hydrogens (tertiary/aromatic N) is 4. The molecule has 116 valence electrons. The summed E-state index contributed by atoms with van der Waals surface area (Å²) in [5.41, 5.74) is 0. The van der Waals surface area contributed by atoms with Gasteiger partial charge in [0.15, 0.2) is 5.82 Å². The molecular weight excluding hydrogens is 268 g/mol. The van der Waals surface area contributed by atoms with Crippen LogP contribution in [-0.4, -0.2) is 51.0 Å². The Morgan fingerprint density at radius 3 is 2.76 bits per heavy atom. The predicted molar refractivity (Wildman–Crippen MR) is 77.5 cm³/mol. The van der Waals surface area contributed by atoms with Gasteiger partial charge in [0.1, 0.15) is 0 Å². The van der Waals surface area contributed by atoms with Gasteiger partial charge in [0, 0.05) is 25.0 Å². The Hall–Kier alpha value is -1.43. The van der Waals surface area contributed by atoms with E-state index in [-0.39, 0.29) is 5.91 Å². The Morgan fingerprint density at radius 1 is 1.29 bits per heavy atom. The minimum absolute atomic E-state index is 0.290. The molecule has 2 aliphatic heterocycles. The average molecular weight is 292 g/mol. The molecular formula is C15H24N4O2. The highest BCUT2D eigenvalue weighted by molar-refractivity contribution is 5.76. The zero-order chi connectivity index (χ0) is 14.8. The van der Waals surface area contributed by atoms with Crippen LogP contribution >= 0.6 is 0 Å². The summed E-state index contributed by atoms with van der Waals surface area (Å²) in [4.78, 5) is 20.9. The predicted octanol–water partition coefficient (Wildman–Crippen LogP) is 1.74. The van der Waals surface area contributed by atoms with Crippen LogP contribution in [0.3, 0.4) is 0 Å². The summed E-state index contributed by atoms with van der Waals surface area (Å²) in [7, 11) is 0. The van der Waals surface area contributed by atoms with E-state index in [0.717, 1.165) is 32.4 Å². The third kappa shape index (κ3) is 2.95. The summed E-state index contributed by atoms with van der Waals surface area (Å²) < 4.78 is 5.25. The molecule has 2 saturated heterocycles. The van der Waals surface area contributed by atoms with Gasteiger partial charge in [-0.2, -0.15) is 4.98 Å². The summed E-state index contributed by atoms with van der Waals surface area (Å²) in [5.74, 6) is 1.66. The van der Waals surface area contributed by atoms with E-state index < -0.39 is 0 Å². The third-order valence-electron chi connectivity index (χ3n) is 4.69. The Kier molecular flexibility index (Phi) is 4.24. The van der Waals surface area contributed by atoms with Gasteiger partial charge in [-0.05, 0) is 39.2 Å². The maximum atomic E-state index is 12.1. The highest BCUT2D eigenvalue weighted by Crippen LogP contribution is 2.31. The lowest BCUT2D eigenvalue weighted by Gasteiger charge is -2.34. The monoisotopic (exact) mass is 292 g/mol. The number of carbonyl (C=O) groups excluding carboxylic acids is 1. The number of rotatable bonds is 4. The Bertz CT molecular complexity index is 502. The number of carbonyl (C=O) groups is 1. The van der Waals surface area contributed by atoms with Gasteiger partial charge in [-0.25, -0.2) is 0 Å². The lowest BCUT2D eigenvalue weighted by Crippen LogP contribution is -2.47. The number of hydrogen-bond acceptors (Lipinski definition) is 5. The van der Waals surface area contributed by atoms with E-state index in [1.54, 1.807) is 0 Å². The topological polar surface area (TPSA) is 62.5 Å². The first-order valence-corrected chi connectivity index (χ1v) is 8.01. The second-order valence-electron chi connectivity index (χ2n) is 6.07. The molecule has 1 aromatic rings. The summed E-state index contributed by atoms with van der Waals surface area (Å²) >= 11 is 0. The molecule has 1 aromatic heterocycles. The van der Waals surface area contributed by atoms with Crippen molar-refractivity contribution in [3.05, 3.63) is 11.7 Å². The van der Waals surface area contributed by atoms with Crippen molar-refractivity contribution in [1.82, 2.24) is 19.9 Å². The molecule has 2 atom stereocenters. The maximum Gasteiger partial charge on any atom is 0.240 e. The molecule has 21 heavy (non-hydrogen) atoms. The van der Waals surface area contributed by atoms with Gasteiger partial charge in [0.25, 0.3) is 0 Å². The van der Waals surface area contributed by atoms with Gasteiger partial charge in [-0.15, -0.1) is 0 Å². The van der Waals surface area contributed by atoms with E-state index in [9.17, 15) is 4.79 Å². The minimum Gasteiger partial charge on any atom is -0.338 e. The van der Waals surface area contributed by atoms with Crippen molar-refractivity contribution in [3.63, 3.8) is 0 Å². The molecule has 0 radical (unpaired) electrons. The van der Waals surface area contributed by atoms with Crippen molar-refractivity contribution < 1.29 is 9.32 Å². The lowest BCUT2D eigenvalue weighted by molar-refractivity contribution is -0.132. The van der Waals surface area contributed by atoms with Gasteiger partial charge < -0.3 is 9.42 Å². The minimum atomic E-state index is 0.290. The molecule has 6 heteroatoms. The van der Waals surface area contributed by atoms with Crippen LogP contribution in [0.1, 0.15) is 50.7 Å². The normalized spacial score (nSPS) is 26.7. The third-order valence-corrected chi connectivity index (χ3v) is 4.69. The second kappa shape index (κ2) is 6.13. The quantitative estimate of drug-likeness (QED) is 0.846. The molecule has 0 spiro atoms. The van der Waals surface area contributed by atoms with Crippen molar-refractivity contribution in [1.29, 1.82) is 0 Å². The molecule has 2 unspecified atom stereocenters. The van der Waals surface area contributed by atoms with Gasteiger partial charge in [-0.3, -0.25) is 9.69 Å². The fourth-order valence-corrected chi connectivity index (χ4v) is 3.77. The molecule has 0 bridgehead atoms. The lowest BCUT2D eigenvalue weighted by atomic mass is 10.0. The Balaban J connectivity index is 1.69. The molecule has 2 aliphatic rings. The van der Waals surface area contributed by atoms with Crippen LogP contribution in [0.15, 0.2) is 4.52 Å². The van der Waals surface area contributed by atoms with Crippen LogP contribution in [0.5, 0.6) is 0 Å². The largest absolute Gasteiger partial charge is 0.338 e. The molecule has 0 saturated carbocycles. The Morgan fingerprint density at radius 2 is 2.05 bits per heavy atom. The summed E-state index contributed by atoms with van der Waals surface area (Å²) in [6.45, 7) is 6.46. The van der Waals surface area contributed by atoms with E-state index in [1.807, 2.05) is 13.8 Å². The van der Waals surface area contributed by atoms with E-state index in [0.29, 0.717) is 36.8 Å². The van der Waals surface area contributed by atoms with Crippen LogP contribution in [0.25, 0.3) is 0 Å². The summed E-state index contributed by atoms with van der Waals surface area (Å²) in [5, 5.41) is 3.86. The molecule has 3 rings (SSSR count). The number of amides is 1. The van der Waals surface area contributed by atoms with Crippen molar-refractivity contribution in [3.8, 4) is 0 Å². The van der Waals surface area contributed by atoms with E-state index >= 15 is 0 Å². The molecule has 1 amide bonds. The zero-order valence-corrected chi connectivity index (χ0v) is 12.9. The van der Waals surface area contributed by atoms with Crippen LogP contribution in [0.4, 0.5) is 0 Å². The van der Waals surface area contributed by atoms with Crippen molar-refractivity contribution >= 4 is 5.91 Å².